The maximum atomic E-state index is 5.73. The van der Waals surface area contributed by atoms with E-state index in [0.29, 0.717) is 0 Å². The average Bonchev–Trinajstić information content (AvgIpc) is 2.57. The van der Waals surface area contributed by atoms with E-state index in [9.17, 15) is 0 Å². The number of anilines is 1. The summed E-state index contributed by atoms with van der Waals surface area (Å²) >= 11 is 5.73. The minimum Gasteiger partial charge on any atom is -0.341 e. The van der Waals surface area contributed by atoms with Crippen LogP contribution >= 0.6 is 12.2 Å². The van der Waals surface area contributed by atoms with Crippen molar-refractivity contribution in [2.75, 3.05) is 32.5 Å². The van der Waals surface area contributed by atoms with Crippen LogP contribution < -0.4 is 5.32 Å². The summed E-state index contributed by atoms with van der Waals surface area (Å²) in [5.41, 5.74) is 3.45. The molecule has 1 aromatic heterocycles. The van der Waals surface area contributed by atoms with E-state index in [-0.39, 0.29) is 6.04 Å². The van der Waals surface area contributed by atoms with Crippen molar-refractivity contribution in [3.63, 3.8) is 0 Å². The van der Waals surface area contributed by atoms with Crippen LogP contribution in [-0.2, 0) is 0 Å². The molecule has 1 atom stereocenters. The van der Waals surface area contributed by atoms with Gasteiger partial charge >= 0.3 is 0 Å². The number of likely N-dealkylation sites (N-methyl/N-ethyl adjacent to an activating group) is 1. The summed E-state index contributed by atoms with van der Waals surface area (Å²) in [6.45, 7) is 6.05. The minimum atomic E-state index is 0.178. The summed E-state index contributed by atoms with van der Waals surface area (Å²) in [5.74, 6) is 0. The molecular formula is C19H26N4S. The van der Waals surface area contributed by atoms with E-state index in [1.54, 1.807) is 0 Å². The zero-order valence-corrected chi connectivity index (χ0v) is 15.7. The summed E-state index contributed by atoms with van der Waals surface area (Å²) in [4.78, 5) is 8.51. The Morgan fingerprint density at radius 2 is 1.79 bits per heavy atom. The summed E-state index contributed by atoms with van der Waals surface area (Å²) in [7, 11) is 4.15. The lowest BCUT2D eigenvalue weighted by molar-refractivity contribution is 0.289. The van der Waals surface area contributed by atoms with E-state index in [2.05, 4.69) is 60.2 Å². The van der Waals surface area contributed by atoms with Crippen LogP contribution in [-0.4, -0.2) is 47.1 Å². The van der Waals surface area contributed by atoms with Crippen LogP contribution in [0.2, 0.25) is 0 Å². The van der Waals surface area contributed by atoms with Crippen molar-refractivity contribution in [2.45, 2.75) is 19.9 Å². The van der Waals surface area contributed by atoms with Gasteiger partial charge in [-0.25, -0.2) is 0 Å². The predicted molar refractivity (Wildman–Crippen MR) is 105 cm³/mol. The fourth-order valence-electron chi connectivity index (χ4n) is 2.50. The number of benzene rings is 1. The summed E-state index contributed by atoms with van der Waals surface area (Å²) in [5, 5.41) is 4.15. The SMILES string of the molecule is Cc1ccccc1NC(=S)N(CCN(C)C)[C@H](C)c1ccncc1. The molecule has 0 saturated heterocycles. The number of hydrogen-bond acceptors (Lipinski definition) is 3. The van der Waals surface area contributed by atoms with Crippen molar-refractivity contribution in [1.29, 1.82) is 0 Å². The predicted octanol–water partition coefficient (Wildman–Crippen LogP) is 3.71. The van der Waals surface area contributed by atoms with Crippen molar-refractivity contribution < 1.29 is 0 Å². The molecule has 1 N–H and O–H groups in total. The van der Waals surface area contributed by atoms with Gasteiger partial charge in [0.25, 0.3) is 0 Å². The Morgan fingerprint density at radius 1 is 1.12 bits per heavy atom. The number of hydrogen-bond donors (Lipinski definition) is 1. The molecule has 0 radical (unpaired) electrons. The van der Waals surface area contributed by atoms with Gasteiger partial charge in [-0.05, 0) is 69.5 Å². The van der Waals surface area contributed by atoms with Gasteiger partial charge in [0.05, 0.1) is 6.04 Å². The third-order valence-corrected chi connectivity index (χ3v) is 4.43. The fourth-order valence-corrected chi connectivity index (χ4v) is 2.86. The molecule has 0 unspecified atom stereocenters. The highest BCUT2D eigenvalue weighted by Gasteiger charge is 2.19. The number of thiocarbonyl (C=S) groups is 1. The van der Waals surface area contributed by atoms with Gasteiger partial charge in [-0.2, -0.15) is 0 Å². The largest absolute Gasteiger partial charge is 0.341 e. The third-order valence-electron chi connectivity index (χ3n) is 4.09. The standard InChI is InChI=1S/C19H26N4S/c1-15-7-5-6-8-18(15)21-19(24)23(14-13-22(3)4)16(2)17-9-11-20-12-10-17/h5-12,16H,13-14H2,1-4H3,(H,21,24)/t16-/m1/s1. The highest BCUT2D eigenvalue weighted by molar-refractivity contribution is 7.80. The van der Waals surface area contributed by atoms with Crippen molar-refractivity contribution in [3.8, 4) is 0 Å². The van der Waals surface area contributed by atoms with E-state index in [4.69, 9.17) is 12.2 Å². The lowest BCUT2D eigenvalue weighted by Crippen LogP contribution is -2.41. The Bertz CT molecular complexity index is 657. The van der Waals surface area contributed by atoms with Crippen molar-refractivity contribution in [1.82, 2.24) is 14.8 Å². The number of nitrogens with one attached hydrogen (secondary N) is 1. The molecule has 0 saturated carbocycles. The lowest BCUT2D eigenvalue weighted by Gasteiger charge is -2.33. The van der Waals surface area contributed by atoms with E-state index in [1.807, 2.05) is 36.7 Å². The molecule has 1 aromatic carbocycles. The van der Waals surface area contributed by atoms with Gasteiger partial charge in [-0.1, -0.05) is 18.2 Å². The van der Waals surface area contributed by atoms with Gasteiger partial charge in [0.1, 0.15) is 0 Å². The van der Waals surface area contributed by atoms with Crippen LogP contribution in [0.25, 0.3) is 0 Å². The van der Waals surface area contributed by atoms with Gasteiger partial charge in [0, 0.05) is 31.2 Å². The number of rotatable bonds is 6. The first-order valence-corrected chi connectivity index (χ1v) is 8.57. The third kappa shape index (κ3) is 5.01. The van der Waals surface area contributed by atoms with Gasteiger partial charge in [-0.15, -0.1) is 0 Å². The Labute approximate surface area is 150 Å². The van der Waals surface area contributed by atoms with E-state index in [1.165, 1.54) is 11.1 Å². The second-order valence-electron chi connectivity index (χ2n) is 6.20. The molecule has 0 amide bonds. The van der Waals surface area contributed by atoms with E-state index in [0.717, 1.165) is 23.9 Å². The van der Waals surface area contributed by atoms with E-state index >= 15 is 0 Å². The Morgan fingerprint density at radius 3 is 2.42 bits per heavy atom. The first-order chi connectivity index (χ1) is 11.5. The molecule has 5 heteroatoms. The summed E-state index contributed by atoms with van der Waals surface area (Å²) in [6, 6.07) is 12.5. The van der Waals surface area contributed by atoms with Crippen LogP contribution in [0.15, 0.2) is 48.8 Å². The van der Waals surface area contributed by atoms with Gasteiger partial charge in [0.15, 0.2) is 5.11 Å². The minimum absolute atomic E-state index is 0.178. The van der Waals surface area contributed by atoms with Crippen molar-refractivity contribution >= 4 is 23.0 Å². The molecule has 2 aromatic rings. The Kier molecular flexibility index (Phi) is 6.70. The smallest absolute Gasteiger partial charge is 0.173 e. The molecular weight excluding hydrogens is 316 g/mol. The Hall–Kier alpha value is -1.98. The molecule has 1 heterocycles. The first-order valence-electron chi connectivity index (χ1n) is 8.17. The molecule has 0 bridgehead atoms. The zero-order chi connectivity index (χ0) is 17.5. The van der Waals surface area contributed by atoms with Gasteiger partial charge in [-0.3, -0.25) is 4.98 Å². The maximum absolute atomic E-state index is 5.73. The topological polar surface area (TPSA) is 31.4 Å². The molecule has 0 aliphatic carbocycles. The molecule has 2 rings (SSSR count). The van der Waals surface area contributed by atoms with Crippen LogP contribution in [0.1, 0.15) is 24.1 Å². The number of nitrogens with zero attached hydrogens (tertiary/aromatic N) is 3. The quantitative estimate of drug-likeness (QED) is 0.809. The van der Waals surface area contributed by atoms with Crippen LogP contribution in [0, 0.1) is 6.92 Å². The first kappa shape index (κ1) is 18.4. The molecule has 0 spiro atoms. The summed E-state index contributed by atoms with van der Waals surface area (Å²) in [6.07, 6.45) is 3.65. The highest BCUT2D eigenvalue weighted by atomic mass is 32.1. The molecule has 0 aliphatic rings. The van der Waals surface area contributed by atoms with Crippen molar-refractivity contribution in [2.24, 2.45) is 0 Å². The van der Waals surface area contributed by atoms with Crippen LogP contribution in [0.3, 0.4) is 0 Å². The zero-order valence-electron chi connectivity index (χ0n) is 14.9. The van der Waals surface area contributed by atoms with Gasteiger partial charge in [0.2, 0.25) is 0 Å². The monoisotopic (exact) mass is 342 g/mol. The molecule has 0 aliphatic heterocycles. The molecule has 0 fully saturated rings. The highest BCUT2D eigenvalue weighted by Crippen LogP contribution is 2.22. The second-order valence-corrected chi connectivity index (χ2v) is 6.58. The molecule has 24 heavy (non-hydrogen) atoms. The van der Waals surface area contributed by atoms with Crippen LogP contribution in [0.5, 0.6) is 0 Å². The second kappa shape index (κ2) is 8.76. The number of aromatic nitrogens is 1. The fraction of sp³-hybridized carbons (Fsp3) is 0.368. The van der Waals surface area contributed by atoms with Crippen molar-refractivity contribution in [3.05, 3.63) is 59.9 Å². The normalized spacial score (nSPS) is 12.0. The van der Waals surface area contributed by atoms with Crippen LogP contribution in [0.4, 0.5) is 5.69 Å². The Balaban J connectivity index is 2.18. The maximum Gasteiger partial charge on any atom is 0.173 e. The lowest BCUT2D eigenvalue weighted by atomic mass is 10.1. The average molecular weight is 343 g/mol. The molecule has 128 valence electrons. The number of para-hydroxylation sites is 1. The molecule has 4 nitrogen and oxygen atoms in total. The van der Waals surface area contributed by atoms with E-state index < -0.39 is 0 Å². The number of aryl methyl sites for hydroxylation is 1. The van der Waals surface area contributed by atoms with Gasteiger partial charge < -0.3 is 15.1 Å². The summed E-state index contributed by atoms with van der Waals surface area (Å²) < 4.78 is 0. The number of pyridine rings is 1.